The molecule has 0 atom stereocenters. The quantitative estimate of drug-likeness (QED) is 0.391. The van der Waals surface area contributed by atoms with E-state index in [1.54, 1.807) is 0 Å². The molecule has 13 heavy (non-hydrogen) atoms. The number of aliphatic imine (C=N–C) groups is 2. The highest BCUT2D eigenvalue weighted by Crippen LogP contribution is 2.19. The first kappa shape index (κ1) is 9.83. The third-order valence-electron chi connectivity index (χ3n) is 2.13. The van der Waals surface area contributed by atoms with Crippen molar-refractivity contribution in [1.29, 1.82) is 0 Å². The lowest BCUT2D eigenvalue weighted by Crippen LogP contribution is -2.27. The molecule has 0 aliphatic heterocycles. The summed E-state index contributed by atoms with van der Waals surface area (Å²) in [6.07, 6.45) is 5.95. The zero-order valence-corrected chi connectivity index (χ0v) is 7.74. The van der Waals surface area contributed by atoms with Gasteiger partial charge < -0.3 is 17.2 Å². The zero-order chi connectivity index (χ0) is 9.68. The van der Waals surface area contributed by atoms with Crippen molar-refractivity contribution in [3.05, 3.63) is 0 Å². The molecule has 0 heterocycles. The van der Waals surface area contributed by atoms with Gasteiger partial charge in [-0.15, -0.1) is 0 Å². The van der Waals surface area contributed by atoms with E-state index in [4.69, 9.17) is 17.2 Å². The normalized spacial score (nSPS) is 19.8. The summed E-state index contributed by atoms with van der Waals surface area (Å²) in [5.74, 6) is 0.170. The molecule has 0 saturated heterocycles. The fourth-order valence-corrected chi connectivity index (χ4v) is 1.56. The van der Waals surface area contributed by atoms with Gasteiger partial charge in [-0.1, -0.05) is 19.3 Å². The molecule has 0 unspecified atom stereocenters. The molecule has 1 aliphatic carbocycles. The van der Waals surface area contributed by atoms with Crippen LogP contribution in [0.5, 0.6) is 0 Å². The molecular formula is C8H17N5. The van der Waals surface area contributed by atoms with Gasteiger partial charge in [0.2, 0.25) is 5.96 Å². The SMILES string of the molecule is NC(N)=NC(N)=NC1CCCCC1. The van der Waals surface area contributed by atoms with Crippen LogP contribution in [0.1, 0.15) is 32.1 Å². The van der Waals surface area contributed by atoms with Gasteiger partial charge in [-0.3, -0.25) is 0 Å². The van der Waals surface area contributed by atoms with Crippen LogP contribution in [-0.2, 0) is 0 Å². The predicted molar refractivity (Wildman–Crippen MR) is 54.3 cm³/mol. The van der Waals surface area contributed by atoms with E-state index in [0.29, 0.717) is 6.04 Å². The van der Waals surface area contributed by atoms with Crippen LogP contribution in [0, 0.1) is 0 Å². The zero-order valence-electron chi connectivity index (χ0n) is 7.74. The number of rotatable bonds is 1. The topological polar surface area (TPSA) is 103 Å². The molecule has 0 spiro atoms. The molecule has 0 aromatic carbocycles. The van der Waals surface area contributed by atoms with Crippen LogP contribution in [0.4, 0.5) is 0 Å². The van der Waals surface area contributed by atoms with Crippen LogP contribution >= 0.6 is 0 Å². The Hall–Kier alpha value is -1.26. The van der Waals surface area contributed by atoms with Gasteiger partial charge >= 0.3 is 0 Å². The van der Waals surface area contributed by atoms with Crippen molar-refractivity contribution >= 4 is 11.9 Å². The van der Waals surface area contributed by atoms with E-state index in [2.05, 4.69) is 9.98 Å². The molecule has 1 saturated carbocycles. The standard InChI is InChI=1S/C8H17N5/c9-7(10)13-8(11)12-6-4-2-1-3-5-6/h6H,1-5H2,(H6,9,10,11,12,13). The molecule has 0 amide bonds. The first-order valence-electron chi connectivity index (χ1n) is 4.61. The van der Waals surface area contributed by atoms with Crippen LogP contribution in [0.15, 0.2) is 9.98 Å². The maximum Gasteiger partial charge on any atom is 0.218 e. The monoisotopic (exact) mass is 183 g/mol. The molecule has 5 nitrogen and oxygen atoms in total. The van der Waals surface area contributed by atoms with E-state index in [9.17, 15) is 0 Å². The van der Waals surface area contributed by atoms with Gasteiger partial charge in [0.05, 0.1) is 6.04 Å². The predicted octanol–water partition coefficient (Wildman–Crippen LogP) is -0.0928. The summed E-state index contributed by atoms with van der Waals surface area (Å²) in [6, 6.07) is 0.317. The Morgan fingerprint density at radius 1 is 1.00 bits per heavy atom. The van der Waals surface area contributed by atoms with Crippen molar-refractivity contribution in [2.75, 3.05) is 0 Å². The first-order valence-corrected chi connectivity index (χ1v) is 4.61. The fourth-order valence-electron chi connectivity index (χ4n) is 1.56. The Balaban J connectivity index is 2.48. The molecule has 1 fully saturated rings. The Morgan fingerprint density at radius 2 is 1.62 bits per heavy atom. The Bertz CT molecular complexity index is 211. The van der Waals surface area contributed by atoms with E-state index in [-0.39, 0.29) is 11.9 Å². The van der Waals surface area contributed by atoms with Crippen molar-refractivity contribution < 1.29 is 0 Å². The van der Waals surface area contributed by atoms with Crippen molar-refractivity contribution in [3.63, 3.8) is 0 Å². The Labute approximate surface area is 78.1 Å². The van der Waals surface area contributed by atoms with Gasteiger partial charge in [0.25, 0.3) is 0 Å². The molecule has 1 rings (SSSR count). The van der Waals surface area contributed by atoms with Crippen molar-refractivity contribution in [2.24, 2.45) is 27.2 Å². The van der Waals surface area contributed by atoms with E-state index in [1.807, 2.05) is 0 Å². The van der Waals surface area contributed by atoms with Crippen molar-refractivity contribution in [1.82, 2.24) is 0 Å². The van der Waals surface area contributed by atoms with Crippen molar-refractivity contribution in [2.45, 2.75) is 38.1 Å². The summed E-state index contributed by atoms with van der Waals surface area (Å²) >= 11 is 0. The number of nitrogens with zero attached hydrogens (tertiary/aromatic N) is 2. The van der Waals surface area contributed by atoms with Crippen LogP contribution in [0.25, 0.3) is 0 Å². The smallest absolute Gasteiger partial charge is 0.218 e. The summed E-state index contributed by atoms with van der Waals surface area (Å²) in [4.78, 5) is 7.89. The second-order valence-corrected chi connectivity index (χ2v) is 3.32. The third-order valence-corrected chi connectivity index (χ3v) is 2.13. The summed E-state index contributed by atoms with van der Waals surface area (Å²) in [5.41, 5.74) is 15.8. The highest BCUT2D eigenvalue weighted by atomic mass is 15.1. The summed E-state index contributed by atoms with van der Waals surface area (Å²) in [5, 5.41) is 0. The number of nitrogens with two attached hydrogens (primary N) is 3. The highest BCUT2D eigenvalue weighted by molar-refractivity contribution is 5.92. The molecule has 74 valence electrons. The number of hydrogen-bond acceptors (Lipinski definition) is 1. The average molecular weight is 183 g/mol. The summed E-state index contributed by atoms with van der Waals surface area (Å²) in [7, 11) is 0. The van der Waals surface area contributed by atoms with E-state index in [0.717, 1.165) is 12.8 Å². The van der Waals surface area contributed by atoms with Gasteiger partial charge in [0.15, 0.2) is 5.96 Å². The Morgan fingerprint density at radius 3 is 2.15 bits per heavy atom. The maximum absolute atomic E-state index is 5.51. The van der Waals surface area contributed by atoms with Crippen LogP contribution in [0.2, 0.25) is 0 Å². The highest BCUT2D eigenvalue weighted by Gasteiger charge is 2.11. The summed E-state index contributed by atoms with van der Waals surface area (Å²) in [6.45, 7) is 0. The minimum absolute atomic E-state index is 0.0305. The molecule has 0 bridgehead atoms. The van der Waals surface area contributed by atoms with Gasteiger partial charge in [0, 0.05) is 0 Å². The lowest BCUT2D eigenvalue weighted by Gasteiger charge is -2.17. The second-order valence-electron chi connectivity index (χ2n) is 3.32. The maximum atomic E-state index is 5.51. The molecule has 0 radical (unpaired) electrons. The van der Waals surface area contributed by atoms with Gasteiger partial charge in [-0.05, 0) is 12.8 Å². The van der Waals surface area contributed by atoms with Crippen LogP contribution < -0.4 is 17.2 Å². The fraction of sp³-hybridized carbons (Fsp3) is 0.750. The van der Waals surface area contributed by atoms with Gasteiger partial charge in [-0.25, -0.2) is 4.99 Å². The minimum atomic E-state index is -0.0305. The third kappa shape index (κ3) is 3.78. The molecule has 5 heteroatoms. The van der Waals surface area contributed by atoms with Crippen LogP contribution in [0.3, 0.4) is 0 Å². The largest absolute Gasteiger partial charge is 0.370 e. The molecule has 6 N–H and O–H groups in total. The van der Waals surface area contributed by atoms with Gasteiger partial charge in [0.1, 0.15) is 0 Å². The lowest BCUT2D eigenvalue weighted by molar-refractivity contribution is 0.443. The molecule has 0 aromatic heterocycles. The minimum Gasteiger partial charge on any atom is -0.370 e. The first-order chi connectivity index (χ1) is 6.18. The average Bonchev–Trinajstić information content (AvgIpc) is 2.04. The van der Waals surface area contributed by atoms with E-state index >= 15 is 0 Å². The Kier molecular flexibility index (Phi) is 3.54. The summed E-state index contributed by atoms with van der Waals surface area (Å²) < 4.78 is 0. The molecule has 0 aromatic rings. The van der Waals surface area contributed by atoms with Crippen LogP contribution in [-0.4, -0.2) is 18.0 Å². The number of hydrogen-bond donors (Lipinski definition) is 3. The van der Waals surface area contributed by atoms with E-state index in [1.165, 1.54) is 19.3 Å². The molecule has 1 aliphatic rings. The number of guanidine groups is 2. The lowest BCUT2D eigenvalue weighted by atomic mass is 9.96. The van der Waals surface area contributed by atoms with Gasteiger partial charge in [-0.2, -0.15) is 4.99 Å². The van der Waals surface area contributed by atoms with E-state index < -0.39 is 0 Å². The second kappa shape index (κ2) is 4.69. The van der Waals surface area contributed by atoms with Crippen molar-refractivity contribution in [3.8, 4) is 0 Å². The molecular weight excluding hydrogens is 166 g/mol.